The second kappa shape index (κ2) is 7.48. The molecule has 0 aliphatic carbocycles. The number of nitrogens with zero attached hydrogens (tertiary/aromatic N) is 2. The molecule has 1 aliphatic rings. The van der Waals surface area contributed by atoms with E-state index in [-0.39, 0.29) is 11.9 Å². The van der Waals surface area contributed by atoms with Crippen molar-refractivity contribution < 1.29 is 9.53 Å². The number of benzene rings is 1. The Morgan fingerprint density at radius 1 is 1.48 bits per heavy atom. The number of hydrogen-bond acceptors (Lipinski definition) is 3. The zero-order valence-electron chi connectivity index (χ0n) is 14.9. The number of aromatic nitrogens is 2. The number of ether oxygens (including phenoxy) is 1. The van der Waals surface area contributed by atoms with Crippen LogP contribution in [0.2, 0.25) is 5.02 Å². The van der Waals surface area contributed by atoms with Gasteiger partial charge in [0.05, 0.1) is 35.1 Å². The summed E-state index contributed by atoms with van der Waals surface area (Å²) in [6.07, 6.45) is 3.17. The summed E-state index contributed by atoms with van der Waals surface area (Å²) < 4.78 is 7.60. The highest BCUT2D eigenvalue weighted by atomic mass is 35.5. The lowest BCUT2D eigenvalue weighted by Gasteiger charge is -2.27. The molecule has 25 heavy (non-hydrogen) atoms. The first-order valence-corrected chi connectivity index (χ1v) is 9.15. The minimum Gasteiger partial charge on any atom is -0.492 e. The molecule has 5 nitrogen and oxygen atoms in total. The first-order chi connectivity index (χ1) is 12.0. The van der Waals surface area contributed by atoms with E-state index in [1.165, 1.54) is 0 Å². The van der Waals surface area contributed by atoms with Crippen LogP contribution >= 0.6 is 11.6 Å². The topological polar surface area (TPSA) is 56.1 Å². The van der Waals surface area contributed by atoms with Gasteiger partial charge in [-0.1, -0.05) is 44.5 Å². The quantitative estimate of drug-likeness (QED) is 0.875. The highest BCUT2D eigenvalue weighted by Crippen LogP contribution is 2.37. The molecule has 0 bridgehead atoms. The molecule has 1 amide bonds. The van der Waals surface area contributed by atoms with Crippen molar-refractivity contribution in [3.63, 3.8) is 0 Å². The molecule has 2 heterocycles. The van der Waals surface area contributed by atoms with Crippen molar-refractivity contribution in [3.05, 3.63) is 46.2 Å². The van der Waals surface area contributed by atoms with E-state index in [0.717, 1.165) is 30.6 Å². The highest BCUT2D eigenvalue weighted by Gasteiger charge is 2.26. The molecule has 2 aromatic rings. The van der Waals surface area contributed by atoms with E-state index in [0.29, 0.717) is 28.9 Å². The van der Waals surface area contributed by atoms with E-state index in [1.54, 1.807) is 12.3 Å². The van der Waals surface area contributed by atoms with Crippen LogP contribution < -0.4 is 10.1 Å². The summed E-state index contributed by atoms with van der Waals surface area (Å²) in [5.41, 5.74) is 2.56. The highest BCUT2D eigenvalue weighted by molar-refractivity contribution is 6.32. The minimum atomic E-state index is -0.104. The van der Waals surface area contributed by atoms with Crippen LogP contribution in [0, 0.1) is 5.92 Å². The van der Waals surface area contributed by atoms with Gasteiger partial charge in [-0.3, -0.25) is 9.48 Å². The monoisotopic (exact) mass is 361 g/mol. The third kappa shape index (κ3) is 3.66. The number of fused-ring (bicyclic) bond motifs is 1. The summed E-state index contributed by atoms with van der Waals surface area (Å²) in [6.45, 7) is 7.68. The van der Waals surface area contributed by atoms with Crippen LogP contribution in [0.15, 0.2) is 24.4 Å². The van der Waals surface area contributed by atoms with Crippen molar-refractivity contribution in [1.29, 1.82) is 0 Å². The van der Waals surface area contributed by atoms with Crippen molar-refractivity contribution in [2.75, 3.05) is 6.61 Å². The molecule has 0 radical (unpaired) electrons. The Labute approximate surface area is 153 Å². The van der Waals surface area contributed by atoms with Crippen LogP contribution in [-0.4, -0.2) is 22.3 Å². The minimum absolute atomic E-state index is 0.0929. The summed E-state index contributed by atoms with van der Waals surface area (Å²) >= 11 is 6.21. The van der Waals surface area contributed by atoms with E-state index in [4.69, 9.17) is 16.3 Å². The zero-order valence-corrected chi connectivity index (χ0v) is 15.6. The number of halogens is 1. The average Bonchev–Trinajstić information content (AvgIpc) is 2.97. The molecule has 0 unspecified atom stereocenters. The van der Waals surface area contributed by atoms with E-state index in [9.17, 15) is 4.79 Å². The van der Waals surface area contributed by atoms with Gasteiger partial charge in [-0.2, -0.15) is 5.10 Å². The number of carbonyl (C=O) groups excluding carboxylic acids is 1. The van der Waals surface area contributed by atoms with Gasteiger partial charge in [-0.25, -0.2) is 0 Å². The number of amides is 1. The molecule has 0 saturated carbocycles. The first-order valence-electron chi connectivity index (χ1n) is 8.78. The fraction of sp³-hybridized carbons (Fsp3) is 0.474. The smallest absolute Gasteiger partial charge is 0.255 e. The lowest BCUT2D eigenvalue weighted by molar-refractivity contribution is 0.0923. The van der Waals surface area contributed by atoms with Crippen molar-refractivity contribution in [2.24, 2.45) is 5.92 Å². The number of nitrogens with one attached hydrogen (secondary N) is 1. The van der Waals surface area contributed by atoms with Crippen molar-refractivity contribution >= 4 is 17.5 Å². The van der Waals surface area contributed by atoms with Crippen molar-refractivity contribution in [1.82, 2.24) is 15.1 Å². The van der Waals surface area contributed by atoms with E-state index in [1.807, 2.05) is 23.7 Å². The maximum absolute atomic E-state index is 12.8. The molecule has 0 fully saturated rings. The Kier molecular flexibility index (Phi) is 5.33. The average molecular weight is 362 g/mol. The van der Waals surface area contributed by atoms with Gasteiger partial charge >= 0.3 is 0 Å². The fourth-order valence-corrected chi connectivity index (χ4v) is 3.49. The van der Waals surface area contributed by atoms with Crippen LogP contribution in [0.5, 0.6) is 5.75 Å². The predicted octanol–water partition coefficient (Wildman–Crippen LogP) is 4.01. The summed E-state index contributed by atoms with van der Waals surface area (Å²) in [7, 11) is 0. The van der Waals surface area contributed by atoms with Gasteiger partial charge in [0.25, 0.3) is 5.91 Å². The summed E-state index contributed by atoms with van der Waals surface area (Å²) in [4.78, 5) is 12.8. The molecule has 1 aromatic carbocycles. The lowest BCUT2D eigenvalue weighted by Crippen LogP contribution is -2.32. The third-order valence-corrected chi connectivity index (χ3v) is 4.70. The van der Waals surface area contributed by atoms with Crippen molar-refractivity contribution in [3.8, 4) is 5.75 Å². The normalized spacial score (nSPS) is 16.4. The number of carbonyl (C=O) groups is 1. The Hall–Kier alpha value is -2.01. The molecule has 6 heteroatoms. The Bertz CT molecular complexity index is 770. The van der Waals surface area contributed by atoms with Gasteiger partial charge in [0, 0.05) is 18.5 Å². The maximum atomic E-state index is 12.8. The van der Waals surface area contributed by atoms with E-state index in [2.05, 4.69) is 24.3 Å². The van der Waals surface area contributed by atoms with Gasteiger partial charge in [0.2, 0.25) is 0 Å². The molecule has 0 saturated heterocycles. The third-order valence-electron chi connectivity index (χ3n) is 4.40. The molecule has 1 atom stereocenters. The Balaban J connectivity index is 1.82. The van der Waals surface area contributed by atoms with Gasteiger partial charge in [-0.05, 0) is 18.4 Å². The fourth-order valence-electron chi connectivity index (χ4n) is 3.25. The molecule has 1 aromatic heterocycles. The Morgan fingerprint density at radius 3 is 3.00 bits per heavy atom. The first kappa shape index (κ1) is 17.8. The molecule has 0 spiro atoms. The summed E-state index contributed by atoms with van der Waals surface area (Å²) in [5.74, 6) is 1.06. The van der Waals surface area contributed by atoms with Crippen LogP contribution in [0.1, 0.15) is 54.8 Å². The van der Waals surface area contributed by atoms with Gasteiger partial charge in [-0.15, -0.1) is 0 Å². The molecule has 134 valence electrons. The lowest BCUT2D eigenvalue weighted by atomic mass is 10.00. The number of para-hydroxylation sites is 1. The van der Waals surface area contributed by atoms with Gasteiger partial charge < -0.3 is 10.1 Å². The largest absolute Gasteiger partial charge is 0.492 e. The van der Waals surface area contributed by atoms with Crippen LogP contribution in [0.25, 0.3) is 0 Å². The molecule has 1 N–H and O–H groups in total. The molecular formula is C19H24ClN3O2. The number of hydrogen-bond donors (Lipinski definition) is 1. The molecule has 3 rings (SSSR count). The van der Waals surface area contributed by atoms with E-state index < -0.39 is 0 Å². The summed E-state index contributed by atoms with van der Waals surface area (Å²) in [5, 5.41) is 8.12. The van der Waals surface area contributed by atoms with Crippen molar-refractivity contribution in [2.45, 2.75) is 46.2 Å². The van der Waals surface area contributed by atoms with Crippen LogP contribution in [-0.2, 0) is 13.0 Å². The van der Waals surface area contributed by atoms with Gasteiger partial charge in [0.1, 0.15) is 5.75 Å². The van der Waals surface area contributed by atoms with E-state index >= 15 is 0 Å². The second-order valence-electron chi connectivity index (χ2n) is 6.76. The van der Waals surface area contributed by atoms with Crippen LogP contribution in [0.4, 0.5) is 0 Å². The Morgan fingerprint density at radius 2 is 2.28 bits per heavy atom. The number of rotatable bonds is 5. The molecular weight excluding hydrogens is 338 g/mol. The zero-order chi connectivity index (χ0) is 18.0. The predicted molar refractivity (Wildman–Crippen MR) is 98.2 cm³/mol. The summed E-state index contributed by atoms with van der Waals surface area (Å²) in [6, 6.07) is 5.53. The SMILES string of the molecule is CCc1c(C(=O)N[C@H]2CCOc3c(Cl)cccc32)cnn1CC(C)C. The van der Waals surface area contributed by atoms with Crippen LogP contribution in [0.3, 0.4) is 0 Å². The second-order valence-corrected chi connectivity index (χ2v) is 7.16. The maximum Gasteiger partial charge on any atom is 0.255 e. The van der Waals surface area contributed by atoms with Gasteiger partial charge in [0.15, 0.2) is 0 Å². The standard InChI is InChI=1S/C19H24ClN3O2/c1-4-17-14(10-21-23(17)11-12(2)3)19(24)22-16-8-9-25-18-13(16)6-5-7-15(18)20/h5-7,10,12,16H,4,8-9,11H2,1-3H3,(H,22,24)/t16-/m0/s1. The molecule has 1 aliphatic heterocycles.